The minimum absolute atomic E-state index is 0.176. The lowest BCUT2D eigenvalue weighted by molar-refractivity contribution is -0.136. The lowest BCUT2D eigenvalue weighted by Gasteiger charge is -1.99. The second-order valence-electron chi connectivity index (χ2n) is 5.75. The molecule has 4 nitrogen and oxygen atoms in total. The van der Waals surface area contributed by atoms with Gasteiger partial charge >= 0.3 is 5.97 Å². The fourth-order valence-electron chi connectivity index (χ4n) is 1.82. The SMILES string of the molecule is CCC(O)/C=C/C=C\CC(O)/C=C\C=C/C/C=C\C/C=C\CCC(=O)O. The molecule has 0 fully saturated rings. The van der Waals surface area contributed by atoms with Crippen LogP contribution < -0.4 is 0 Å². The molecular formula is C22H32O4. The van der Waals surface area contributed by atoms with Crippen LogP contribution in [0, 0.1) is 0 Å². The number of carbonyl (C=O) groups is 1. The molecule has 0 aromatic carbocycles. The lowest BCUT2D eigenvalue weighted by Crippen LogP contribution is -1.99. The van der Waals surface area contributed by atoms with E-state index in [4.69, 9.17) is 5.11 Å². The molecule has 3 N–H and O–H groups in total. The molecule has 0 aliphatic heterocycles. The van der Waals surface area contributed by atoms with Gasteiger partial charge in [0.1, 0.15) is 0 Å². The second-order valence-corrected chi connectivity index (χ2v) is 5.75. The number of aliphatic hydroxyl groups is 2. The third kappa shape index (κ3) is 18.2. The zero-order valence-electron chi connectivity index (χ0n) is 15.6. The molecule has 26 heavy (non-hydrogen) atoms. The van der Waals surface area contributed by atoms with Crippen molar-refractivity contribution in [1.29, 1.82) is 0 Å². The smallest absolute Gasteiger partial charge is 0.303 e. The number of carboxylic acid groups (broad SMARTS) is 1. The van der Waals surface area contributed by atoms with Gasteiger partial charge in [-0.15, -0.1) is 0 Å². The first-order valence-electron chi connectivity index (χ1n) is 9.10. The highest BCUT2D eigenvalue weighted by Gasteiger charge is 1.93. The average Bonchev–Trinajstić information content (AvgIpc) is 2.61. The summed E-state index contributed by atoms with van der Waals surface area (Å²) in [6.07, 6.45) is 25.3. The molecule has 0 aliphatic carbocycles. The van der Waals surface area contributed by atoms with Crippen LogP contribution in [0.5, 0.6) is 0 Å². The topological polar surface area (TPSA) is 77.8 Å². The van der Waals surface area contributed by atoms with Gasteiger partial charge in [0.15, 0.2) is 0 Å². The lowest BCUT2D eigenvalue weighted by atomic mass is 10.2. The Kier molecular flexibility index (Phi) is 16.2. The maximum Gasteiger partial charge on any atom is 0.303 e. The molecule has 0 aliphatic rings. The Hall–Kier alpha value is -2.17. The Labute approximate surface area is 157 Å². The van der Waals surface area contributed by atoms with Gasteiger partial charge in [-0.2, -0.15) is 0 Å². The van der Waals surface area contributed by atoms with Crippen LogP contribution in [0.15, 0.2) is 72.9 Å². The molecule has 4 heteroatoms. The van der Waals surface area contributed by atoms with Crippen molar-refractivity contribution in [3.63, 3.8) is 0 Å². The van der Waals surface area contributed by atoms with Gasteiger partial charge in [-0.3, -0.25) is 4.79 Å². The molecule has 2 atom stereocenters. The highest BCUT2D eigenvalue weighted by molar-refractivity contribution is 5.66. The van der Waals surface area contributed by atoms with Gasteiger partial charge in [0.05, 0.1) is 12.2 Å². The first-order chi connectivity index (χ1) is 12.6. The van der Waals surface area contributed by atoms with Gasteiger partial charge < -0.3 is 15.3 Å². The van der Waals surface area contributed by atoms with Crippen LogP contribution in [0.25, 0.3) is 0 Å². The Morgan fingerprint density at radius 1 is 0.808 bits per heavy atom. The van der Waals surface area contributed by atoms with Crippen LogP contribution >= 0.6 is 0 Å². The number of aliphatic hydroxyl groups excluding tert-OH is 2. The van der Waals surface area contributed by atoms with E-state index in [1.807, 2.05) is 61.6 Å². The van der Waals surface area contributed by atoms with Gasteiger partial charge in [0.2, 0.25) is 0 Å². The molecule has 0 heterocycles. The van der Waals surface area contributed by atoms with E-state index in [1.54, 1.807) is 18.2 Å². The maximum absolute atomic E-state index is 10.3. The van der Waals surface area contributed by atoms with Crippen molar-refractivity contribution in [3.8, 4) is 0 Å². The van der Waals surface area contributed by atoms with E-state index in [0.29, 0.717) is 19.3 Å². The van der Waals surface area contributed by atoms with E-state index in [2.05, 4.69) is 0 Å². The van der Waals surface area contributed by atoms with Crippen molar-refractivity contribution in [2.75, 3.05) is 0 Å². The van der Waals surface area contributed by atoms with Gasteiger partial charge in [-0.1, -0.05) is 79.8 Å². The normalized spacial score (nSPS) is 15.5. The van der Waals surface area contributed by atoms with Crippen LogP contribution in [-0.2, 0) is 4.79 Å². The molecule has 0 saturated heterocycles. The molecule has 0 spiro atoms. The molecule has 2 unspecified atom stereocenters. The quantitative estimate of drug-likeness (QED) is 0.315. The van der Waals surface area contributed by atoms with E-state index >= 15 is 0 Å². The third-order valence-corrected chi connectivity index (χ3v) is 3.36. The second kappa shape index (κ2) is 17.6. The molecule has 0 aromatic heterocycles. The summed E-state index contributed by atoms with van der Waals surface area (Å²) in [4.78, 5) is 10.3. The number of hydrogen-bond acceptors (Lipinski definition) is 3. The number of aliphatic carboxylic acids is 1. The summed E-state index contributed by atoms with van der Waals surface area (Å²) < 4.78 is 0. The predicted molar refractivity (Wildman–Crippen MR) is 108 cm³/mol. The van der Waals surface area contributed by atoms with Crippen LogP contribution in [0.1, 0.15) is 45.4 Å². The summed E-state index contributed by atoms with van der Waals surface area (Å²) in [7, 11) is 0. The molecule has 0 rings (SSSR count). The number of hydrogen-bond donors (Lipinski definition) is 3. The summed E-state index contributed by atoms with van der Waals surface area (Å²) in [6, 6.07) is 0. The van der Waals surface area contributed by atoms with Gasteiger partial charge in [-0.05, 0) is 32.1 Å². The Balaban J connectivity index is 3.79. The maximum atomic E-state index is 10.3. The fraction of sp³-hybridized carbons (Fsp3) is 0.409. The van der Waals surface area contributed by atoms with Crippen LogP contribution in [0.2, 0.25) is 0 Å². The van der Waals surface area contributed by atoms with Gasteiger partial charge in [0, 0.05) is 6.42 Å². The summed E-state index contributed by atoms with van der Waals surface area (Å²) in [5, 5.41) is 27.6. The predicted octanol–water partition coefficient (Wildman–Crippen LogP) is 4.49. The van der Waals surface area contributed by atoms with Crippen molar-refractivity contribution >= 4 is 5.97 Å². The van der Waals surface area contributed by atoms with Crippen LogP contribution in [0.3, 0.4) is 0 Å². The number of allylic oxidation sites excluding steroid dienone is 9. The van der Waals surface area contributed by atoms with E-state index < -0.39 is 18.2 Å². The minimum atomic E-state index is -0.770. The molecular weight excluding hydrogens is 328 g/mol. The monoisotopic (exact) mass is 360 g/mol. The molecule has 0 radical (unpaired) electrons. The van der Waals surface area contributed by atoms with Crippen molar-refractivity contribution in [3.05, 3.63) is 72.9 Å². The Morgan fingerprint density at radius 2 is 1.38 bits per heavy atom. The van der Waals surface area contributed by atoms with Gasteiger partial charge in [0.25, 0.3) is 0 Å². The summed E-state index contributed by atoms with van der Waals surface area (Å²) in [6.45, 7) is 1.92. The highest BCUT2D eigenvalue weighted by Crippen LogP contribution is 1.99. The summed E-state index contributed by atoms with van der Waals surface area (Å²) >= 11 is 0. The minimum Gasteiger partial charge on any atom is -0.481 e. The molecule has 0 aromatic rings. The number of carboxylic acids is 1. The highest BCUT2D eigenvalue weighted by atomic mass is 16.4. The zero-order chi connectivity index (χ0) is 19.5. The first kappa shape index (κ1) is 23.8. The van der Waals surface area contributed by atoms with Crippen molar-refractivity contribution in [1.82, 2.24) is 0 Å². The first-order valence-corrected chi connectivity index (χ1v) is 9.10. The average molecular weight is 360 g/mol. The van der Waals surface area contributed by atoms with Crippen molar-refractivity contribution < 1.29 is 20.1 Å². The molecule has 0 amide bonds. The molecule has 144 valence electrons. The standard InChI is InChI=1S/C22H32O4/c1-2-20(23)16-13-11-14-18-21(24)17-12-9-7-5-3-4-6-8-10-15-19-22(25)26/h3-4,7-14,16-17,20-21,23-24H,2,5-6,15,18-19H2,1H3,(H,25,26)/b4-3-,9-7-,10-8-,14-11-,16-13+,17-12-. The van der Waals surface area contributed by atoms with E-state index in [9.17, 15) is 15.0 Å². The Bertz CT molecular complexity index is 524. The van der Waals surface area contributed by atoms with Crippen LogP contribution in [0.4, 0.5) is 0 Å². The van der Waals surface area contributed by atoms with E-state index in [0.717, 1.165) is 12.8 Å². The Morgan fingerprint density at radius 3 is 2.04 bits per heavy atom. The largest absolute Gasteiger partial charge is 0.481 e. The van der Waals surface area contributed by atoms with Crippen molar-refractivity contribution in [2.45, 2.75) is 57.7 Å². The van der Waals surface area contributed by atoms with E-state index in [1.165, 1.54) is 0 Å². The fourth-order valence-corrected chi connectivity index (χ4v) is 1.82. The molecule has 0 bridgehead atoms. The zero-order valence-corrected chi connectivity index (χ0v) is 15.6. The van der Waals surface area contributed by atoms with Gasteiger partial charge in [-0.25, -0.2) is 0 Å². The summed E-state index contributed by atoms with van der Waals surface area (Å²) in [5.41, 5.74) is 0. The summed E-state index contributed by atoms with van der Waals surface area (Å²) in [5.74, 6) is -0.770. The molecule has 0 saturated carbocycles. The number of rotatable bonds is 14. The van der Waals surface area contributed by atoms with E-state index in [-0.39, 0.29) is 6.42 Å². The third-order valence-electron chi connectivity index (χ3n) is 3.36. The van der Waals surface area contributed by atoms with Crippen LogP contribution in [-0.4, -0.2) is 33.5 Å². The van der Waals surface area contributed by atoms with Crippen molar-refractivity contribution in [2.24, 2.45) is 0 Å².